The van der Waals surface area contributed by atoms with Crippen molar-refractivity contribution in [2.24, 2.45) is 0 Å². The van der Waals surface area contributed by atoms with Crippen LogP contribution < -0.4 is 0 Å². The Morgan fingerprint density at radius 2 is 1.65 bits per heavy atom. The summed E-state index contributed by atoms with van der Waals surface area (Å²) in [5.41, 5.74) is 0.989. The van der Waals surface area contributed by atoms with E-state index in [1.807, 2.05) is 0 Å². The Bertz CT molecular complexity index is 412. The molecule has 2 rings (SSSR count). The lowest BCUT2D eigenvalue weighted by atomic mass is 10.1. The second-order valence-corrected chi connectivity index (χ2v) is 4.51. The number of carbonyl (C=O) groups excluding carboxylic acids is 2. The highest BCUT2D eigenvalue weighted by atomic mass is 32.2. The number of imide groups is 1. The lowest BCUT2D eigenvalue weighted by molar-refractivity contribution is 0.0652. The van der Waals surface area contributed by atoms with Crippen LogP contribution in [0, 0.1) is 0 Å². The maximum atomic E-state index is 11.9. The van der Waals surface area contributed by atoms with Crippen LogP contribution in [0.4, 0.5) is 0 Å². The largest absolute Gasteiger partial charge is 0.330 e. The molecule has 0 aliphatic carbocycles. The average molecular weight is 251 g/mol. The molecule has 1 aliphatic heterocycles. The molecule has 4 nitrogen and oxygen atoms in total. The molecule has 1 aromatic rings. The first-order valence-electron chi connectivity index (χ1n) is 5.47. The standard InChI is InChI=1S/C12H13NO3S/c14-11-9-5-1-2-6-10(9)12(15)13(11)7-3-4-8-17-16/h1-2,5-6,16H,3-4,7-8H2. The predicted molar refractivity (Wildman–Crippen MR) is 66.1 cm³/mol. The normalized spacial score (nSPS) is 14.3. The first kappa shape index (κ1) is 12.1. The SMILES string of the molecule is O=C1c2ccccc2C(=O)N1CCCCSO. The van der Waals surface area contributed by atoms with Gasteiger partial charge in [-0.3, -0.25) is 14.5 Å². The van der Waals surface area contributed by atoms with Crippen molar-refractivity contribution in [1.29, 1.82) is 0 Å². The second-order valence-electron chi connectivity index (χ2n) is 3.85. The summed E-state index contributed by atoms with van der Waals surface area (Å²) < 4.78 is 8.57. The van der Waals surface area contributed by atoms with Gasteiger partial charge in [0.05, 0.1) is 11.1 Å². The summed E-state index contributed by atoms with van der Waals surface area (Å²) in [5, 5.41) is 0. The van der Waals surface area contributed by atoms with Gasteiger partial charge in [-0.15, -0.1) is 0 Å². The topological polar surface area (TPSA) is 57.6 Å². The number of benzene rings is 1. The third kappa shape index (κ3) is 2.35. The Morgan fingerprint density at radius 3 is 2.18 bits per heavy atom. The minimum atomic E-state index is -0.206. The first-order chi connectivity index (χ1) is 8.25. The Labute approximate surface area is 104 Å². The van der Waals surface area contributed by atoms with Crippen LogP contribution in [0.1, 0.15) is 33.6 Å². The smallest absolute Gasteiger partial charge is 0.261 e. The number of unbranched alkanes of at least 4 members (excludes halogenated alkanes) is 1. The third-order valence-corrected chi connectivity index (χ3v) is 3.22. The van der Waals surface area contributed by atoms with Crippen LogP contribution in [-0.2, 0) is 0 Å². The lowest BCUT2D eigenvalue weighted by Crippen LogP contribution is -2.30. The van der Waals surface area contributed by atoms with E-state index in [1.54, 1.807) is 24.3 Å². The van der Waals surface area contributed by atoms with Gasteiger partial charge in [-0.1, -0.05) is 12.1 Å². The molecule has 1 aliphatic rings. The number of hydrogen-bond acceptors (Lipinski definition) is 4. The zero-order chi connectivity index (χ0) is 12.3. The van der Waals surface area contributed by atoms with Crippen LogP contribution in [0.15, 0.2) is 24.3 Å². The lowest BCUT2D eigenvalue weighted by Gasteiger charge is -2.12. The Morgan fingerprint density at radius 1 is 1.06 bits per heavy atom. The molecule has 17 heavy (non-hydrogen) atoms. The van der Waals surface area contributed by atoms with Crippen molar-refractivity contribution in [3.8, 4) is 0 Å². The van der Waals surface area contributed by atoms with Crippen molar-refractivity contribution >= 4 is 23.9 Å². The summed E-state index contributed by atoms with van der Waals surface area (Å²) in [6.07, 6.45) is 1.51. The summed E-state index contributed by atoms with van der Waals surface area (Å²) in [6.45, 7) is 0.424. The van der Waals surface area contributed by atoms with Crippen LogP contribution in [0.2, 0.25) is 0 Å². The molecule has 2 amide bonds. The summed E-state index contributed by atoms with van der Waals surface area (Å²) >= 11 is 0.785. The van der Waals surface area contributed by atoms with Crippen molar-refractivity contribution in [3.05, 3.63) is 35.4 Å². The van der Waals surface area contributed by atoms with E-state index in [4.69, 9.17) is 4.55 Å². The van der Waals surface area contributed by atoms with Crippen LogP contribution in [0.5, 0.6) is 0 Å². The van der Waals surface area contributed by atoms with Crippen molar-refractivity contribution in [3.63, 3.8) is 0 Å². The number of fused-ring (bicyclic) bond motifs is 1. The molecular weight excluding hydrogens is 238 g/mol. The summed E-state index contributed by atoms with van der Waals surface area (Å²) in [5.74, 6) is 0.216. The van der Waals surface area contributed by atoms with Crippen molar-refractivity contribution < 1.29 is 14.1 Å². The van der Waals surface area contributed by atoms with E-state index < -0.39 is 0 Å². The number of amides is 2. The highest BCUT2D eigenvalue weighted by molar-refractivity contribution is 7.93. The molecule has 0 spiro atoms. The van der Waals surface area contributed by atoms with Gasteiger partial charge in [-0.2, -0.15) is 0 Å². The van der Waals surface area contributed by atoms with Gasteiger partial charge in [0.1, 0.15) is 0 Å². The molecule has 0 fully saturated rings. The average Bonchev–Trinajstić information content (AvgIpc) is 2.60. The molecule has 1 N–H and O–H groups in total. The molecule has 0 saturated heterocycles. The van der Waals surface area contributed by atoms with Gasteiger partial charge >= 0.3 is 0 Å². The third-order valence-electron chi connectivity index (χ3n) is 2.75. The molecule has 0 atom stereocenters. The van der Waals surface area contributed by atoms with Crippen LogP contribution in [0.3, 0.4) is 0 Å². The van der Waals surface area contributed by atoms with E-state index in [2.05, 4.69) is 0 Å². The zero-order valence-corrected chi connectivity index (χ0v) is 10.1. The van der Waals surface area contributed by atoms with Gasteiger partial charge in [-0.25, -0.2) is 0 Å². The summed E-state index contributed by atoms with van der Waals surface area (Å²) in [6, 6.07) is 6.88. The Hall–Kier alpha value is -1.33. The van der Waals surface area contributed by atoms with Gasteiger partial charge < -0.3 is 4.55 Å². The van der Waals surface area contributed by atoms with Gasteiger partial charge in [0.15, 0.2) is 0 Å². The van der Waals surface area contributed by atoms with Crippen molar-refractivity contribution in [1.82, 2.24) is 4.90 Å². The predicted octanol–water partition coefficient (Wildman–Crippen LogP) is 2.27. The molecule has 1 aromatic carbocycles. The van der Waals surface area contributed by atoms with Gasteiger partial charge in [0.25, 0.3) is 11.8 Å². The second kappa shape index (κ2) is 5.33. The Balaban J connectivity index is 2.03. The fourth-order valence-corrected chi connectivity index (χ4v) is 2.21. The van der Waals surface area contributed by atoms with Gasteiger partial charge in [-0.05, 0) is 37.0 Å². The van der Waals surface area contributed by atoms with E-state index in [-0.39, 0.29) is 11.8 Å². The maximum Gasteiger partial charge on any atom is 0.261 e. The van der Waals surface area contributed by atoms with Gasteiger partial charge in [0, 0.05) is 12.3 Å². The number of rotatable bonds is 5. The van der Waals surface area contributed by atoms with Crippen LogP contribution >= 0.6 is 12.0 Å². The molecule has 0 saturated carbocycles. The first-order valence-corrected chi connectivity index (χ1v) is 6.41. The van der Waals surface area contributed by atoms with E-state index in [0.29, 0.717) is 23.4 Å². The Kier molecular flexibility index (Phi) is 3.81. The number of nitrogens with zero attached hydrogens (tertiary/aromatic N) is 1. The van der Waals surface area contributed by atoms with E-state index in [0.717, 1.165) is 24.9 Å². The molecule has 0 aromatic heterocycles. The van der Waals surface area contributed by atoms with Crippen molar-refractivity contribution in [2.45, 2.75) is 12.8 Å². The molecule has 0 radical (unpaired) electrons. The number of carbonyl (C=O) groups is 2. The zero-order valence-electron chi connectivity index (χ0n) is 9.26. The molecular formula is C12H13NO3S. The van der Waals surface area contributed by atoms with E-state index in [9.17, 15) is 9.59 Å². The van der Waals surface area contributed by atoms with E-state index in [1.165, 1.54) is 4.90 Å². The molecule has 5 heteroatoms. The minimum absolute atomic E-state index is 0.206. The molecule has 90 valence electrons. The van der Waals surface area contributed by atoms with Crippen molar-refractivity contribution in [2.75, 3.05) is 12.3 Å². The van der Waals surface area contributed by atoms with Crippen LogP contribution in [-0.4, -0.2) is 33.6 Å². The summed E-state index contributed by atoms with van der Waals surface area (Å²) in [4.78, 5) is 25.1. The van der Waals surface area contributed by atoms with Crippen LogP contribution in [0.25, 0.3) is 0 Å². The minimum Gasteiger partial charge on any atom is -0.330 e. The molecule has 0 bridgehead atoms. The van der Waals surface area contributed by atoms with Gasteiger partial charge in [0.2, 0.25) is 0 Å². The molecule has 0 unspecified atom stereocenters. The maximum absolute atomic E-state index is 11.9. The fraction of sp³-hybridized carbons (Fsp3) is 0.333. The quantitative estimate of drug-likeness (QED) is 0.495. The molecule has 1 heterocycles. The summed E-state index contributed by atoms with van der Waals surface area (Å²) in [7, 11) is 0. The van der Waals surface area contributed by atoms with E-state index >= 15 is 0 Å². The monoisotopic (exact) mass is 251 g/mol. The highest BCUT2D eigenvalue weighted by Gasteiger charge is 2.34. The highest BCUT2D eigenvalue weighted by Crippen LogP contribution is 2.22. The number of hydrogen-bond donors (Lipinski definition) is 1. The fourth-order valence-electron chi connectivity index (χ4n) is 1.88.